The van der Waals surface area contributed by atoms with E-state index in [1.807, 2.05) is 0 Å². The van der Waals surface area contributed by atoms with Crippen molar-refractivity contribution in [1.29, 1.82) is 0 Å². The molecule has 1 amide bonds. The maximum atomic E-state index is 14.0. The standard InChI is InChI=1S/C18H14BrFN2O3S/c1-24-15-8-10(11(19)9-16(15)25-2)7-13-17(23)22(18(26)21-13)14-6-4-3-5-12(14)20/h3-9H,1-2H3,(H,21,26)/b13-7-. The molecular formula is C18H14BrFN2O3S. The predicted octanol–water partition coefficient (Wildman–Crippen LogP) is 3.87. The van der Waals surface area contributed by atoms with E-state index >= 15 is 0 Å². The van der Waals surface area contributed by atoms with Crippen LogP contribution < -0.4 is 19.7 Å². The van der Waals surface area contributed by atoms with E-state index in [1.165, 1.54) is 26.4 Å². The molecule has 2 aromatic rings. The Labute approximate surface area is 163 Å². The molecule has 1 saturated heterocycles. The molecule has 1 fully saturated rings. The number of nitrogens with one attached hydrogen (secondary N) is 1. The van der Waals surface area contributed by atoms with E-state index in [0.717, 1.165) is 4.90 Å². The van der Waals surface area contributed by atoms with Crippen LogP contribution >= 0.6 is 28.1 Å². The van der Waals surface area contributed by atoms with Crippen LogP contribution in [0.3, 0.4) is 0 Å². The molecule has 8 heteroatoms. The normalized spacial score (nSPS) is 15.4. The largest absolute Gasteiger partial charge is 0.493 e. The van der Waals surface area contributed by atoms with E-state index in [1.54, 1.807) is 30.3 Å². The van der Waals surface area contributed by atoms with Crippen LogP contribution in [-0.4, -0.2) is 25.2 Å². The molecule has 0 saturated carbocycles. The molecule has 0 aliphatic carbocycles. The summed E-state index contributed by atoms with van der Waals surface area (Å²) in [4.78, 5) is 13.9. The Morgan fingerprint density at radius 1 is 1.19 bits per heavy atom. The molecule has 1 N–H and O–H groups in total. The molecule has 0 spiro atoms. The van der Waals surface area contributed by atoms with Gasteiger partial charge in [-0.1, -0.05) is 28.1 Å². The average Bonchev–Trinajstić information content (AvgIpc) is 2.90. The number of methoxy groups -OCH3 is 2. The Kier molecular flexibility index (Phi) is 5.24. The van der Waals surface area contributed by atoms with E-state index in [4.69, 9.17) is 21.7 Å². The highest BCUT2D eigenvalue weighted by Crippen LogP contribution is 2.35. The minimum absolute atomic E-state index is 0.102. The Morgan fingerprint density at radius 2 is 1.85 bits per heavy atom. The van der Waals surface area contributed by atoms with Gasteiger partial charge in [-0.15, -0.1) is 0 Å². The van der Waals surface area contributed by atoms with Gasteiger partial charge >= 0.3 is 0 Å². The third-order valence-electron chi connectivity index (χ3n) is 3.77. The van der Waals surface area contributed by atoms with E-state index in [-0.39, 0.29) is 16.5 Å². The van der Waals surface area contributed by atoms with E-state index in [9.17, 15) is 9.18 Å². The maximum absolute atomic E-state index is 14.0. The van der Waals surface area contributed by atoms with Gasteiger partial charge in [0.2, 0.25) is 0 Å². The lowest BCUT2D eigenvalue weighted by Gasteiger charge is -2.14. The summed E-state index contributed by atoms with van der Waals surface area (Å²) in [6, 6.07) is 9.42. The summed E-state index contributed by atoms with van der Waals surface area (Å²) in [5, 5.41) is 2.94. The van der Waals surface area contributed by atoms with Crippen molar-refractivity contribution in [3.63, 3.8) is 0 Å². The van der Waals surface area contributed by atoms with Crippen LogP contribution in [0.5, 0.6) is 11.5 Å². The smallest absolute Gasteiger partial charge is 0.281 e. The topological polar surface area (TPSA) is 50.8 Å². The number of hydrogen-bond acceptors (Lipinski definition) is 4. The molecule has 26 heavy (non-hydrogen) atoms. The van der Waals surface area contributed by atoms with Crippen molar-refractivity contribution in [3.8, 4) is 11.5 Å². The van der Waals surface area contributed by atoms with Gasteiger partial charge in [0.15, 0.2) is 16.6 Å². The summed E-state index contributed by atoms with van der Waals surface area (Å²) in [5.41, 5.74) is 1.01. The molecule has 3 rings (SSSR count). The van der Waals surface area contributed by atoms with Crippen LogP contribution in [-0.2, 0) is 4.79 Å². The number of rotatable bonds is 4. The van der Waals surface area contributed by atoms with Crippen molar-refractivity contribution >= 4 is 50.9 Å². The van der Waals surface area contributed by atoms with Gasteiger partial charge in [-0.05, 0) is 48.1 Å². The molecule has 1 aliphatic rings. The zero-order valence-electron chi connectivity index (χ0n) is 13.9. The first-order valence-corrected chi connectivity index (χ1v) is 8.69. The van der Waals surface area contributed by atoms with Crippen LogP contribution in [0, 0.1) is 5.82 Å². The molecule has 134 valence electrons. The van der Waals surface area contributed by atoms with Gasteiger partial charge in [-0.25, -0.2) is 9.29 Å². The van der Waals surface area contributed by atoms with Crippen LogP contribution in [0.25, 0.3) is 6.08 Å². The number of thiocarbonyl (C=S) groups is 1. The monoisotopic (exact) mass is 436 g/mol. The zero-order valence-corrected chi connectivity index (χ0v) is 16.3. The summed E-state index contributed by atoms with van der Waals surface area (Å²) in [6.07, 6.45) is 1.61. The average molecular weight is 437 g/mol. The van der Waals surface area contributed by atoms with Gasteiger partial charge in [0.25, 0.3) is 5.91 Å². The van der Waals surface area contributed by atoms with E-state index < -0.39 is 11.7 Å². The highest BCUT2D eigenvalue weighted by molar-refractivity contribution is 9.10. The van der Waals surface area contributed by atoms with E-state index in [0.29, 0.717) is 21.5 Å². The van der Waals surface area contributed by atoms with Crippen molar-refractivity contribution in [2.45, 2.75) is 0 Å². The molecule has 5 nitrogen and oxygen atoms in total. The van der Waals surface area contributed by atoms with Gasteiger partial charge in [0, 0.05) is 4.47 Å². The third-order valence-corrected chi connectivity index (χ3v) is 4.75. The number of amides is 1. The lowest BCUT2D eigenvalue weighted by atomic mass is 10.1. The quantitative estimate of drug-likeness (QED) is 0.582. The first-order valence-electron chi connectivity index (χ1n) is 7.49. The second-order valence-corrected chi connectivity index (χ2v) is 6.55. The molecule has 1 heterocycles. The molecule has 0 bridgehead atoms. The Hall–Kier alpha value is -2.45. The van der Waals surface area contributed by atoms with Gasteiger partial charge in [0.1, 0.15) is 11.5 Å². The highest BCUT2D eigenvalue weighted by Gasteiger charge is 2.33. The molecule has 0 radical (unpaired) electrons. The first-order chi connectivity index (χ1) is 12.5. The van der Waals surface area contributed by atoms with Crippen molar-refractivity contribution in [1.82, 2.24) is 5.32 Å². The fraction of sp³-hybridized carbons (Fsp3) is 0.111. The van der Waals surface area contributed by atoms with Gasteiger partial charge in [-0.2, -0.15) is 0 Å². The first kappa shape index (κ1) is 18.3. The molecule has 0 aromatic heterocycles. The minimum Gasteiger partial charge on any atom is -0.493 e. The maximum Gasteiger partial charge on any atom is 0.281 e. The van der Waals surface area contributed by atoms with Crippen LogP contribution in [0.15, 0.2) is 46.6 Å². The number of carbonyl (C=O) groups is 1. The Balaban J connectivity index is 2.00. The SMILES string of the molecule is COc1cc(Br)c(/C=C2\NC(=S)N(c3ccccc3F)C2=O)cc1OC. The van der Waals surface area contributed by atoms with Crippen molar-refractivity contribution in [3.05, 3.63) is 57.9 Å². The summed E-state index contributed by atoms with van der Waals surface area (Å²) in [7, 11) is 3.06. The van der Waals surface area contributed by atoms with Crippen LogP contribution in [0.1, 0.15) is 5.56 Å². The Bertz CT molecular complexity index is 933. The predicted molar refractivity (Wildman–Crippen MR) is 105 cm³/mol. The zero-order chi connectivity index (χ0) is 18.8. The molecule has 0 unspecified atom stereocenters. The summed E-state index contributed by atoms with van der Waals surface area (Å²) >= 11 is 8.64. The molecule has 2 aromatic carbocycles. The number of benzene rings is 2. The number of hydrogen-bond donors (Lipinski definition) is 1. The Morgan fingerprint density at radius 3 is 2.50 bits per heavy atom. The number of ether oxygens (including phenoxy) is 2. The van der Waals surface area contributed by atoms with Crippen molar-refractivity contribution in [2.75, 3.05) is 19.1 Å². The second kappa shape index (κ2) is 7.43. The van der Waals surface area contributed by atoms with Gasteiger partial charge in [0.05, 0.1) is 19.9 Å². The fourth-order valence-corrected chi connectivity index (χ4v) is 3.25. The number of halogens is 2. The fourth-order valence-electron chi connectivity index (χ4n) is 2.52. The summed E-state index contributed by atoms with van der Waals surface area (Å²) < 4.78 is 25.3. The lowest BCUT2D eigenvalue weighted by Crippen LogP contribution is -2.31. The van der Waals surface area contributed by atoms with Crippen LogP contribution in [0.2, 0.25) is 0 Å². The minimum atomic E-state index is -0.529. The number of para-hydroxylation sites is 1. The second-order valence-electron chi connectivity index (χ2n) is 5.31. The van der Waals surface area contributed by atoms with Crippen LogP contribution in [0.4, 0.5) is 10.1 Å². The van der Waals surface area contributed by atoms with Gasteiger partial charge < -0.3 is 14.8 Å². The highest BCUT2D eigenvalue weighted by atomic mass is 79.9. The molecule has 0 atom stereocenters. The third kappa shape index (κ3) is 3.30. The van der Waals surface area contributed by atoms with Crippen molar-refractivity contribution in [2.24, 2.45) is 0 Å². The molecule has 1 aliphatic heterocycles. The summed E-state index contributed by atoms with van der Waals surface area (Å²) in [5.74, 6) is 0.0950. The molecular weight excluding hydrogens is 423 g/mol. The summed E-state index contributed by atoms with van der Waals surface area (Å²) in [6.45, 7) is 0. The van der Waals surface area contributed by atoms with Gasteiger partial charge in [-0.3, -0.25) is 4.79 Å². The van der Waals surface area contributed by atoms with E-state index in [2.05, 4.69) is 21.2 Å². The number of anilines is 1. The number of nitrogens with zero attached hydrogens (tertiary/aromatic N) is 1. The lowest BCUT2D eigenvalue weighted by molar-refractivity contribution is -0.113. The van der Waals surface area contributed by atoms with Crippen molar-refractivity contribution < 1.29 is 18.7 Å². The number of carbonyl (C=O) groups excluding carboxylic acids is 1.